The van der Waals surface area contributed by atoms with E-state index in [0.29, 0.717) is 0 Å². The molecule has 0 amide bonds. The van der Waals surface area contributed by atoms with Gasteiger partial charge in [0.05, 0.1) is 11.1 Å². The third-order valence-corrected chi connectivity index (χ3v) is 3.51. The third-order valence-electron chi connectivity index (χ3n) is 3.51. The second-order valence-electron chi connectivity index (χ2n) is 5.25. The maximum atomic E-state index is 10.6. The molecule has 0 aliphatic carbocycles. The van der Waals surface area contributed by atoms with Gasteiger partial charge in [-0.15, -0.1) is 6.58 Å². The summed E-state index contributed by atoms with van der Waals surface area (Å²) in [5.74, 6) is -2.22. The van der Waals surface area contributed by atoms with Crippen LogP contribution in [-0.4, -0.2) is 22.2 Å². The van der Waals surface area contributed by atoms with Crippen LogP contribution in [0.25, 0.3) is 0 Å². The van der Waals surface area contributed by atoms with E-state index in [-0.39, 0.29) is 16.7 Å². The molecule has 126 valence electrons. The lowest BCUT2D eigenvalue weighted by Gasteiger charge is -2.03. The number of rotatable bonds is 6. The zero-order chi connectivity index (χ0) is 17.9. The van der Waals surface area contributed by atoms with Crippen LogP contribution in [0.3, 0.4) is 0 Å². The summed E-state index contributed by atoms with van der Waals surface area (Å²) in [5, 5.41) is 17.4. The van der Waals surface area contributed by atoms with Crippen LogP contribution < -0.4 is 0 Å². The molecule has 0 unspecified atom stereocenters. The Morgan fingerprint density at radius 1 is 0.958 bits per heavy atom. The van der Waals surface area contributed by atoms with Gasteiger partial charge in [-0.25, -0.2) is 9.59 Å². The van der Waals surface area contributed by atoms with Crippen molar-refractivity contribution in [1.82, 2.24) is 0 Å². The number of benzene rings is 2. The van der Waals surface area contributed by atoms with E-state index in [2.05, 4.69) is 36.9 Å². The number of unbranched alkanes of at least 4 members (excludes halogenated alkanes) is 1. The van der Waals surface area contributed by atoms with Crippen LogP contribution in [0.1, 0.15) is 44.7 Å². The monoisotopic (exact) mass is 326 g/mol. The summed E-state index contributed by atoms with van der Waals surface area (Å²) >= 11 is 0. The molecule has 0 saturated heterocycles. The highest BCUT2D eigenvalue weighted by Gasteiger charge is 2.13. The molecule has 2 aromatic carbocycles. The second kappa shape index (κ2) is 10.0. The number of carbonyl (C=O) groups is 2. The number of aryl methyl sites for hydroxylation is 1. The second-order valence-corrected chi connectivity index (χ2v) is 5.25. The summed E-state index contributed by atoms with van der Waals surface area (Å²) in [6.45, 7) is 5.17. The minimum Gasteiger partial charge on any atom is -0.478 e. The van der Waals surface area contributed by atoms with Gasteiger partial charge in [0.15, 0.2) is 0 Å². The summed E-state index contributed by atoms with van der Waals surface area (Å²) in [6.07, 6.45) is 5.48. The van der Waals surface area contributed by atoms with Crippen molar-refractivity contribution in [3.8, 4) is 0 Å². The Kier molecular flexibility index (Phi) is 7.99. The third kappa shape index (κ3) is 6.08. The standard InChI is InChI=1S/C11H14.C9H8O4/c1-2-3-5-8-11-9-6-4-7-10-11;1-5-6(8(10)11)3-2-4-7(5)9(12)13/h2,4,6-7,9-10H,1,3,5,8H2;2-4H,1H3,(H,10,11)(H,12,13). The summed E-state index contributed by atoms with van der Waals surface area (Å²) in [7, 11) is 0. The van der Waals surface area contributed by atoms with Crippen LogP contribution in [-0.2, 0) is 6.42 Å². The average Bonchev–Trinajstić information content (AvgIpc) is 2.56. The van der Waals surface area contributed by atoms with Crippen molar-refractivity contribution in [1.29, 1.82) is 0 Å². The molecular formula is C20H22O4. The molecule has 2 aromatic rings. The quantitative estimate of drug-likeness (QED) is 0.601. The van der Waals surface area contributed by atoms with E-state index in [0.717, 1.165) is 6.42 Å². The number of hydrogen-bond acceptors (Lipinski definition) is 2. The van der Waals surface area contributed by atoms with Crippen molar-refractivity contribution in [3.05, 3.63) is 83.4 Å². The van der Waals surface area contributed by atoms with Gasteiger partial charge in [-0.05, 0) is 49.4 Å². The van der Waals surface area contributed by atoms with Gasteiger partial charge in [0.25, 0.3) is 0 Å². The molecule has 0 aliphatic heterocycles. The highest BCUT2D eigenvalue weighted by Crippen LogP contribution is 2.13. The first-order chi connectivity index (χ1) is 11.5. The maximum Gasteiger partial charge on any atom is 0.335 e. The Hall–Kier alpha value is -2.88. The molecule has 4 nitrogen and oxygen atoms in total. The number of carboxylic acid groups (broad SMARTS) is 2. The number of hydrogen-bond donors (Lipinski definition) is 2. The molecule has 0 atom stereocenters. The summed E-state index contributed by atoms with van der Waals surface area (Å²) in [6, 6.07) is 14.7. The van der Waals surface area contributed by atoms with Gasteiger partial charge in [0.1, 0.15) is 0 Å². The first-order valence-corrected chi connectivity index (χ1v) is 7.68. The van der Waals surface area contributed by atoms with Gasteiger partial charge < -0.3 is 10.2 Å². The predicted octanol–water partition coefficient (Wildman–Crippen LogP) is 4.59. The van der Waals surface area contributed by atoms with Gasteiger partial charge in [0.2, 0.25) is 0 Å². The summed E-state index contributed by atoms with van der Waals surface area (Å²) in [4.78, 5) is 21.2. The summed E-state index contributed by atoms with van der Waals surface area (Å²) in [5.41, 5.74) is 1.76. The Morgan fingerprint density at radius 3 is 1.96 bits per heavy atom. The SMILES string of the molecule is C=CCCCc1ccccc1.Cc1c(C(=O)O)cccc1C(=O)O. The molecule has 0 saturated carbocycles. The first kappa shape index (κ1) is 19.2. The van der Waals surface area contributed by atoms with Crippen molar-refractivity contribution in [2.45, 2.75) is 26.2 Å². The zero-order valence-electron chi connectivity index (χ0n) is 13.7. The number of allylic oxidation sites excluding steroid dienone is 1. The fourth-order valence-electron chi connectivity index (χ4n) is 2.19. The molecule has 2 rings (SSSR count). The largest absolute Gasteiger partial charge is 0.478 e. The fraction of sp³-hybridized carbons (Fsp3) is 0.200. The smallest absolute Gasteiger partial charge is 0.335 e. The molecule has 4 heteroatoms. The normalized spacial score (nSPS) is 9.54. The van der Waals surface area contributed by atoms with Crippen LogP contribution in [0, 0.1) is 6.92 Å². The lowest BCUT2D eigenvalue weighted by atomic mass is 10.0. The van der Waals surface area contributed by atoms with Crippen molar-refractivity contribution < 1.29 is 19.8 Å². The molecule has 0 aromatic heterocycles. The van der Waals surface area contributed by atoms with Gasteiger partial charge >= 0.3 is 11.9 Å². The van der Waals surface area contributed by atoms with E-state index in [1.807, 2.05) is 6.08 Å². The lowest BCUT2D eigenvalue weighted by Crippen LogP contribution is -2.06. The van der Waals surface area contributed by atoms with E-state index < -0.39 is 11.9 Å². The molecule has 0 spiro atoms. The minimum atomic E-state index is -1.11. The molecule has 0 heterocycles. The molecule has 24 heavy (non-hydrogen) atoms. The van der Waals surface area contributed by atoms with E-state index >= 15 is 0 Å². The highest BCUT2D eigenvalue weighted by atomic mass is 16.4. The van der Waals surface area contributed by atoms with Gasteiger partial charge in [-0.1, -0.05) is 42.5 Å². The average molecular weight is 326 g/mol. The maximum absolute atomic E-state index is 10.6. The van der Waals surface area contributed by atoms with Crippen LogP contribution >= 0.6 is 0 Å². The fourth-order valence-corrected chi connectivity index (χ4v) is 2.19. The van der Waals surface area contributed by atoms with Crippen LogP contribution in [0.15, 0.2) is 61.2 Å². The minimum absolute atomic E-state index is 0.0277. The topological polar surface area (TPSA) is 74.6 Å². The Balaban J connectivity index is 0.000000243. The Morgan fingerprint density at radius 2 is 1.50 bits per heavy atom. The lowest BCUT2D eigenvalue weighted by molar-refractivity contribution is 0.0696. The zero-order valence-corrected chi connectivity index (χ0v) is 13.7. The number of carboxylic acids is 2. The van der Waals surface area contributed by atoms with Gasteiger partial charge in [0, 0.05) is 0 Å². The van der Waals surface area contributed by atoms with Crippen molar-refractivity contribution in [2.75, 3.05) is 0 Å². The summed E-state index contributed by atoms with van der Waals surface area (Å²) < 4.78 is 0. The Labute approximate surface area is 142 Å². The molecule has 0 fully saturated rings. The molecule has 2 N–H and O–H groups in total. The van der Waals surface area contributed by atoms with E-state index in [1.165, 1.54) is 43.5 Å². The van der Waals surface area contributed by atoms with Crippen LogP contribution in [0.2, 0.25) is 0 Å². The first-order valence-electron chi connectivity index (χ1n) is 7.68. The molecule has 0 radical (unpaired) electrons. The molecule has 0 aliphatic rings. The predicted molar refractivity (Wildman–Crippen MR) is 94.7 cm³/mol. The van der Waals surface area contributed by atoms with E-state index in [1.54, 1.807) is 0 Å². The van der Waals surface area contributed by atoms with E-state index in [4.69, 9.17) is 10.2 Å². The Bertz CT molecular complexity index is 658. The van der Waals surface area contributed by atoms with Crippen molar-refractivity contribution in [3.63, 3.8) is 0 Å². The van der Waals surface area contributed by atoms with Crippen LogP contribution in [0.5, 0.6) is 0 Å². The molecule has 0 bridgehead atoms. The van der Waals surface area contributed by atoms with Gasteiger partial charge in [-0.3, -0.25) is 0 Å². The van der Waals surface area contributed by atoms with Crippen molar-refractivity contribution in [2.24, 2.45) is 0 Å². The van der Waals surface area contributed by atoms with Gasteiger partial charge in [-0.2, -0.15) is 0 Å². The van der Waals surface area contributed by atoms with Crippen LogP contribution in [0.4, 0.5) is 0 Å². The van der Waals surface area contributed by atoms with E-state index in [9.17, 15) is 9.59 Å². The van der Waals surface area contributed by atoms with Crippen molar-refractivity contribution >= 4 is 11.9 Å². The molecular weight excluding hydrogens is 304 g/mol. The highest BCUT2D eigenvalue weighted by molar-refractivity contribution is 5.96. The number of aromatic carboxylic acids is 2.